The number of rotatable bonds is 41. The first-order valence-corrected chi connectivity index (χ1v) is 23.0. The van der Waals surface area contributed by atoms with Gasteiger partial charge in [0.15, 0.2) is 0 Å². The van der Waals surface area contributed by atoms with Crippen LogP contribution in [0.25, 0.3) is 0 Å². The van der Waals surface area contributed by atoms with Gasteiger partial charge in [-0.25, -0.2) is 4.57 Å². The van der Waals surface area contributed by atoms with Gasteiger partial charge in [-0.15, -0.1) is 0 Å². The first-order chi connectivity index (χ1) is 25.8. The first kappa shape index (κ1) is 51.7. The number of hydrogen-bond acceptors (Lipinski definition) is 8. The number of ether oxygens (including phenoxy) is 2. The van der Waals surface area contributed by atoms with Crippen molar-refractivity contribution >= 4 is 13.8 Å². The van der Waals surface area contributed by atoms with Crippen molar-refractivity contribution in [1.29, 1.82) is 0 Å². The number of phosphoric acid groups is 1. The second kappa shape index (κ2) is 40.3. The summed E-state index contributed by atoms with van der Waals surface area (Å²) in [6.07, 6.45) is 42.4. The van der Waals surface area contributed by atoms with Crippen molar-refractivity contribution in [3.05, 3.63) is 36.5 Å². The van der Waals surface area contributed by atoms with Gasteiger partial charge in [-0.2, -0.15) is 0 Å². The fourth-order valence-electron chi connectivity index (χ4n) is 5.72. The van der Waals surface area contributed by atoms with E-state index in [1.807, 2.05) is 0 Å². The van der Waals surface area contributed by atoms with Crippen molar-refractivity contribution in [1.82, 2.24) is 0 Å². The molecule has 0 aromatic heterocycles. The van der Waals surface area contributed by atoms with Crippen molar-refractivity contribution in [2.24, 2.45) is 0 Å². The Labute approximate surface area is 325 Å². The Morgan fingerprint density at radius 2 is 1.04 bits per heavy atom. The summed E-state index contributed by atoms with van der Waals surface area (Å²) in [6.45, 7) is 3.45. The summed E-state index contributed by atoms with van der Waals surface area (Å²) >= 11 is 0. The number of unbranched alkanes of at least 4 members (excludes halogenated alkanes) is 21. The first-order valence-electron chi connectivity index (χ1n) is 21.5. The van der Waals surface area contributed by atoms with E-state index in [9.17, 15) is 19.4 Å². The number of allylic oxidation sites excluding steroid dienone is 6. The van der Waals surface area contributed by atoms with Crippen LogP contribution in [0.5, 0.6) is 0 Å². The van der Waals surface area contributed by atoms with Gasteiger partial charge in [0.25, 0.3) is 0 Å². The van der Waals surface area contributed by atoms with E-state index in [0.29, 0.717) is 6.61 Å². The molecule has 0 fully saturated rings. The summed E-state index contributed by atoms with van der Waals surface area (Å²) < 4.78 is 33.3. The van der Waals surface area contributed by atoms with E-state index in [-0.39, 0.29) is 19.6 Å². The molecular formula is C43H81O9P. The zero-order chi connectivity index (χ0) is 38.9. The second-order valence-corrected chi connectivity index (χ2v) is 15.8. The van der Waals surface area contributed by atoms with Crippen molar-refractivity contribution in [3.63, 3.8) is 0 Å². The van der Waals surface area contributed by atoms with Crippen molar-refractivity contribution in [3.8, 4) is 0 Å². The molecular weight excluding hydrogens is 691 g/mol. The lowest BCUT2D eigenvalue weighted by molar-refractivity contribution is -0.154. The lowest BCUT2D eigenvalue weighted by Crippen LogP contribution is -2.29. The number of aliphatic hydroxyl groups is 2. The average Bonchev–Trinajstić information content (AvgIpc) is 3.15. The summed E-state index contributed by atoms with van der Waals surface area (Å²) in [4.78, 5) is 22.6. The smallest absolute Gasteiger partial charge is 0.457 e. The highest BCUT2D eigenvalue weighted by Crippen LogP contribution is 2.43. The number of hydrogen-bond donors (Lipinski definition) is 3. The van der Waals surface area contributed by atoms with Crippen LogP contribution >= 0.6 is 7.82 Å². The number of esters is 1. The minimum atomic E-state index is -4.52. The summed E-state index contributed by atoms with van der Waals surface area (Å²) in [5.74, 6) is -0.391. The maximum Gasteiger partial charge on any atom is 0.472 e. The zero-order valence-electron chi connectivity index (χ0n) is 34.0. The van der Waals surface area contributed by atoms with Gasteiger partial charge in [-0.1, -0.05) is 153 Å². The lowest BCUT2D eigenvalue weighted by Gasteiger charge is -2.20. The van der Waals surface area contributed by atoms with Crippen LogP contribution in [-0.2, 0) is 27.9 Å². The van der Waals surface area contributed by atoms with Crippen LogP contribution in [0.1, 0.15) is 187 Å². The molecule has 3 atom stereocenters. The maximum atomic E-state index is 12.6. The van der Waals surface area contributed by atoms with Crippen LogP contribution in [0.3, 0.4) is 0 Å². The fourth-order valence-corrected chi connectivity index (χ4v) is 6.51. The van der Waals surface area contributed by atoms with Gasteiger partial charge in [0.05, 0.1) is 26.4 Å². The van der Waals surface area contributed by atoms with Crippen LogP contribution in [0.2, 0.25) is 0 Å². The summed E-state index contributed by atoms with van der Waals surface area (Å²) in [5.41, 5.74) is 0. The van der Waals surface area contributed by atoms with Crippen LogP contribution in [0.15, 0.2) is 36.5 Å². The molecule has 0 aromatic rings. The number of phosphoric ester groups is 1. The Hall–Kier alpha value is -1.32. The molecule has 53 heavy (non-hydrogen) atoms. The molecule has 0 aliphatic carbocycles. The normalized spacial score (nSPS) is 14.4. The van der Waals surface area contributed by atoms with Crippen LogP contribution in [0, 0.1) is 0 Å². The Morgan fingerprint density at radius 1 is 0.585 bits per heavy atom. The third kappa shape index (κ3) is 40.2. The minimum Gasteiger partial charge on any atom is -0.457 e. The van der Waals surface area contributed by atoms with Gasteiger partial charge in [0.2, 0.25) is 0 Å². The highest BCUT2D eigenvalue weighted by molar-refractivity contribution is 7.47. The largest absolute Gasteiger partial charge is 0.472 e. The Bertz CT molecular complexity index is 923. The van der Waals surface area contributed by atoms with Crippen LogP contribution in [-0.4, -0.2) is 66.3 Å². The van der Waals surface area contributed by atoms with E-state index in [1.54, 1.807) is 0 Å². The van der Waals surface area contributed by atoms with Crippen LogP contribution < -0.4 is 0 Å². The van der Waals surface area contributed by atoms with Gasteiger partial charge in [-0.3, -0.25) is 13.8 Å². The molecule has 0 rings (SSSR count). The van der Waals surface area contributed by atoms with Crippen molar-refractivity contribution in [2.75, 3.05) is 33.0 Å². The molecule has 0 spiro atoms. The molecule has 0 radical (unpaired) electrons. The Morgan fingerprint density at radius 3 is 1.58 bits per heavy atom. The van der Waals surface area contributed by atoms with E-state index in [1.165, 1.54) is 103 Å². The number of carbonyl (C=O) groups excluding carboxylic acids is 1. The minimum absolute atomic E-state index is 0.0410. The predicted octanol–water partition coefficient (Wildman–Crippen LogP) is 11.6. The summed E-state index contributed by atoms with van der Waals surface area (Å²) in [7, 11) is -4.52. The molecule has 0 aliphatic heterocycles. The quantitative estimate of drug-likeness (QED) is 0.0240. The van der Waals surface area contributed by atoms with E-state index >= 15 is 0 Å². The molecule has 10 heteroatoms. The average molecular weight is 773 g/mol. The molecule has 0 saturated carbocycles. The molecule has 3 N–H and O–H groups in total. The highest BCUT2D eigenvalue weighted by atomic mass is 31.2. The van der Waals surface area contributed by atoms with E-state index in [2.05, 4.69) is 50.3 Å². The third-order valence-corrected chi connectivity index (χ3v) is 10.00. The molecule has 312 valence electrons. The molecule has 0 bridgehead atoms. The molecule has 0 aromatic carbocycles. The Kier molecular flexibility index (Phi) is 39.3. The summed E-state index contributed by atoms with van der Waals surface area (Å²) in [6, 6.07) is 0. The summed E-state index contributed by atoms with van der Waals surface area (Å²) in [5, 5.41) is 18.3. The topological polar surface area (TPSA) is 132 Å². The van der Waals surface area contributed by atoms with E-state index in [4.69, 9.17) is 23.6 Å². The second-order valence-electron chi connectivity index (χ2n) is 14.4. The van der Waals surface area contributed by atoms with Crippen LogP contribution in [0.4, 0.5) is 0 Å². The number of carbonyl (C=O) groups is 1. The lowest BCUT2D eigenvalue weighted by atomic mass is 10.1. The van der Waals surface area contributed by atoms with Gasteiger partial charge >= 0.3 is 13.8 Å². The van der Waals surface area contributed by atoms with Gasteiger partial charge in [0, 0.05) is 13.0 Å². The third-order valence-electron chi connectivity index (χ3n) is 9.05. The molecule has 0 heterocycles. The SMILES string of the molecule is CCCC/C=C\C/C=C\CCCCCCCCOCC(COP(=O)(O)OCC(O)CO)OC(=O)CCCCCCCCC/C=C\CCCCCCCC. The van der Waals surface area contributed by atoms with E-state index in [0.717, 1.165) is 64.2 Å². The fraction of sp³-hybridized carbons (Fsp3) is 0.837. The molecule has 3 unspecified atom stereocenters. The maximum absolute atomic E-state index is 12.6. The molecule has 0 aliphatic rings. The van der Waals surface area contributed by atoms with E-state index < -0.39 is 39.2 Å². The standard InChI is InChI=1S/C43H81O9P/c1-3-5-7-9-11-13-15-17-19-20-21-23-25-27-29-31-33-35-43(46)52-42(40-51-53(47,48)50-38-41(45)37-44)39-49-36-34-32-30-28-26-24-22-18-16-14-12-10-8-6-4-2/h10,12,16-19,41-42,44-45H,3-9,11,13-15,20-40H2,1-2H3,(H,47,48)/b12-10-,18-16-,19-17-. The molecule has 0 saturated heterocycles. The van der Waals surface area contributed by atoms with Crippen molar-refractivity contribution < 1.29 is 43.0 Å². The molecule has 9 nitrogen and oxygen atoms in total. The zero-order valence-corrected chi connectivity index (χ0v) is 34.9. The van der Waals surface area contributed by atoms with Gasteiger partial charge < -0.3 is 24.6 Å². The van der Waals surface area contributed by atoms with Gasteiger partial charge in [-0.05, 0) is 64.2 Å². The highest BCUT2D eigenvalue weighted by Gasteiger charge is 2.26. The monoisotopic (exact) mass is 773 g/mol. The predicted molar refractivity (Wildman–Crippen MR) is 219 cm³/mol. The Balaban J connectivity index is 4.19. The molecule has 0 amide bonds. The van der Waals surface area contributed by atoms with Gasteiger partial charge in [0.1, 0.15) is 12.2 Å². The van der Waals surface area contributed by atoms with Crippen molar-refractivity contribution in [2.45, 2.75) is 199 Å². The number of aliphatic hydroxyl groups excluding tert-OH is 2.